The highest BCUT2D eigenvalue weighted by molar-refractivity contribution is 6.03. The molecule has 1 aliphatic rings. The Bertz CT molecular complexity index is 542. The maximum Gasteiger partial charge on any atom is 0.268 e. The van der Waals surface area contributed by atoms with Gasteiger partial charge in [0.25, 0.3) is 5.91 Å². The van der Waals surface area contributed by atoms with E-state index in [0.717, 1.165) is 6.42 Å². The summed E-state index contributed by atoms with van der Waals surface area (Å²) < 4.78 is 5.69. The first-order valence-corrected chi connectivity index (χ1v) is 7.86. The van der Waals surface area contributed by atoms with Gasteiger partial charge in [-0.25, -0.2) is 0 Å². The van der Waals surface area contributed by atoms with Gasteiger partial charge < -0.3 is 10.1 Å². The molecule has 1 N–H and O–H groups in total. The van der Waals surface area contributed by atoms with Crippen molar-refractivity contribution in [2.45, 2.75) is 39.7 Å². The molecule has 5 nitrogen and oxygen atoms in total. The average Bonchev–Trinajstić information content (AvgIpc) is 2.49. The van der Waals surface area contributed by atoms with E-state index >= 15 is 0 Å². The summed E-state index contributed by atoms with van der Waals surface area (Å²) >= 11 is 0. The number of nitrogens with zero attached hydrogens (tertiary/aromatic N) is 1. The summed E-state index contributed by atoms with van der Waals surface area (Å²) in [7, 11) is 0. The van der Waals surface area contributed by atoms with E-state index < -0.39 is 6.10 Å². The third-order valence-electron chi connectivity index (χ3n) is 3.68. The number of hydrogen-bond acceptors (Lipinski definition) is 3. The van der Waals surface area contributed by atoms with Gasteiger partial charge in [-0.15, -0.1) is 0 Å². The fourth-order valence-electron chi connectivity index (χ4n) is 2.40. The van der Waals surface area contributed by atoms with Crippen LogP contribution >= 0.6 is 0 Å². The Morgan fingerprint density at radius 1 is 1.36 bits per heavy atom. The number of ether oxygens (including phenoxy) is 1. The van der Waals surface area contributed by atoms with Crippen LogP contribution < -0.4 is 15.0 Å². The molecule has 0 aromatic heterocycles. The monoisotopic (exact) mass is 304 g/mol. The molecule has 0 spiro atoms. The molecule has 1 aromatic carbocycles. The van der Waals surface area contributed by atoms with Gasteiger partial charge in [0.05, 0.1) is 5.69 Å². The predicted octanol–water partition coefficient (Wildman–Crippen LogP) is 2.35. The quantitative estimate of drug-likeness (QED) is 0.877. The highest BCUT2D eigenvalue weighted by Gasteiger charge is 2.33. The van der Waals surface area contributed by atoms with Gasteiger partial charge in [0, 0.05) is 6.54 Å². The average molecular weight is 304 g/mol. The molecular formula is C17H24N2O3. The first kappa shape index (κ1) is 16.3. The Kier molecular flexibility index (Phi) is 5.41. The number of carbonyl (C=O) groups excluding carboxylic acids is 2. The Labute approximate surface area is 131 Å². The van der Waals surface area contributed by atoms with Gasteiger partial charge in [0.1, 0.15) is 12.3 Å². The molecule has 0 radical (unpaired) electrons. The van der Waals surface area contributed by atoms with Crippen LogP contribution in [0.5, 0.6) is 5.75 Å². The van der Waals surface area contributed by atoms with E-state index in [1.54, 1.807) is 6.07 Å². The lowest BCUT2D eigenvalue weighted by Gasteiger charge is -2.33. The Hall–Kier alpha value is -2.04. The summed E-state index contributed by atoms with van der Waals surface area (Å²) in [5, 5.41) is 2.87. The number of benzene rings is 1. The lowest BCUT2D eigenvalue weighted by molar-refractivity contribution is -0.129. The molecule has 0 saturated heterocycles. The van der Waals surface area contributed by atoms with Gasteiger partial charge in [-0.2, -0.15) is 0 Å². The Morgan fingerprint density at radius 3 is 2.77 bits per heavy atom. The normalized spacial score (nSPS) is 17.2. The van der Waals surface area contributed by atoms with Crippen LogP contribution in [0.15, 0.2) is 24.3 Å². The molecule has 0 saturated carbocycles. The van der Waals surface area contributed by atoms with Crippen molar-refractivity contribution in [3.8, 4) is 5.75 Å². The third kappa shape index (κ3) is 3.78. The standard InChI is InChI=1S/C17H24N2O3/c1-4-14-17(21)19(11-16(20)18-10-9-12(2)3)13-7-5-6-8-15(13)22-14/h5-8,12,14H,4,9-11H2,1-3H3,(H,18,20)/t14-/m0/s1. The van der Waals surface area contributed by atoms with Crippen LogP contribution in [0, 0.1) is 5.92 Å². The van der Waals surface area contributed by atoms with Crippen molar-refractivity contribution in [3.63, 3.8) is 0 Å². The minimum atomic E-state index is -0.515. The van der Waals surface area contributed by atoms with Gasteiger partial charge in [-0.3, -0.25) is 14.5 Å². The summed E-state index contributed by atoms with van der Waals surface area (Å²) in [6, 6.07) is 7.34. The van der Waals surface area contributed by atoms with Crippen LogP contribution in [0.3, 0.4) is 0 Å². The van der Waals surface area contributed by atoms with E-state index in [4.69, 9.17) is 4.74 Å². The molecule has 0 bridgehead atoms. The van der Waals surface area contributed by atoms with E-state index in [0.29, 0.717) is 30.3 Å². The zero-order valence-corrected chi connectivity index (χ0v) is 13.5. The van der Waals surface area contributed by atoms with Crippen molar-refractivity contribution in [1.29, 1.82) is 0 Å². The lowest BCUT2D eigenvalue weighted by atomic mass is 10.1. The maximum atomic E-state index is 12.5. The predicted molar refractivity (Wildman–Crippen MR) is 86.0 cm³/mol. The van der Waals surface area contributed by atoms with Gasteiger partial charge >= 0.3 is 0 Å². The molecule has 2 rings (SSSR count). The highest BCUT2D eigenvalue weighted by atomic mass is 16.5. The molecule has 0 fully saturated rings. The number of anilines is 1. The second-order valence-electron chi connectivity index (χ2n) is 5.94. The number of amides is 2. The van der Waals surface area contributed by atoms with Gasteiger partial charge in [-0.05, 0) is 30.9 Å². The molecule has 1 aromatic rings. The fourth-order valence-corrected chi connectivity index (χ4v) is 2.40. The second kappa shape index (κ2) is 7.29. The number of para-hydroxylation sites is 2. The lowest BCUT2D eigenvalue weighted by Crippen LogP contribution is -2.49. The first-order chi connectivity index (χ1) is 10.5. The first-order valence-electron chi connectivity index (χ1n) is 7.86. The van der Waals surface area contributed by atoms with Crippen molar-refractivity contribution in [2.75, 3.05) is 18.0 Å². The second-order valence-corrected chi connectivity index (χ2v) is 5.94. The molecule has 1 heterocycles. The topological polar surface area (TPSA) is 58.6 Å². The number of nitrogens with one attached hydrogen (secondary N) is 1. The molecule has 1 aliphatic heterocycles. The van der Waals surface area contributed by atoms with Crippen LogP contribution in [-0.2, 0) is 9.59 Å². The molecule has 120 valence electrons. The van der Waals surface area contributed by atoms with E-state index in [-0.39, 0.29) is 18.4 Å². The number of fused-ring (bicyclic) bond motifs is 1. The van der Waals surface area contributed by atoms with Crippen molar-refractivity contribution >= 4 is 17.5 Å². The summed E-state index contributed by atoms with van der Waals surface area (Å²) in [5.74, 6) is 0.903. The molecule has 0 aliphatic carbocycles. The van der Waals surface area contributed by atoms with Crippen LogP contribution in [-0.4, -0.2) is 31.0 Å². The number of rotatable bonds is 6. The number of carbonyl (C=O) groups is 2. The van der Waals surface area contributed by atoms with E-state index in [2.05, 4.69) is 19.2 Å². The largest absolute Gasteiger partial charge is 0.478 e. The summed E-state index contributed by atoms with van der Waals surface area (Å²) in [6.45, 7) is 6.79. The zero-order valence-electron chi connectivity index (χ0n) is 13.5. The summed E-state index contributed by atoms with van der Waals surface area (Å²) in [5.41, 5.74) is 0.663. The SMILES string of the molecule is CC[C@@H]1Oc2ccccc2N(CC(=O)NCCC(C)C)C1=O. The maximum absolute atomic E-state index is 12.5. The van der Waals surface area contributed by atoms with Crippen LogP contribution in [0.25, 0.3) is 0 Å². The molecule has 5 heteroatoms. The molecule has 2 amide bonds. The van der Waals surface area contributed by atoms with Crippen molar-refractivity contribution in [2.24, 2.45) is 5.92 Å². The summed E-state index contributed by atoms with van der Waals surface area (Å²) in [4.78, 5) is 26.1. The molecule has 22 heavy (non-hydrogen) atoms. The third-order valence-corrected chi connectivity index (χ3v) is 3.68. The van der Waals surface area contributed by atoms with Crippen molar-refractivity contribution in [3.05, 3.63) is 24.3 Å². The van der Waals surface area contributed by atoms with Crippen LogP contribution in [0.4, 0.5) is 5.69 Å². The minimum absolute atomic E-state index is 0.0355. The Balaban J connectivity index is 2.07. The van der Waals surface area contributed by atoms with Gasteiger partial charge in [0.2, 0.25) is 5.91 Å². The molecule has 0 unspecified atom stereocenters. The van der Waals surface area contributed by atoms with E-state index in [9.17, 15) is 9.59 Å². The minimum Gasteiger partial charge on any atom is -0.478 e. The molecular weight excluding hydrogens is 280 g/mol. The highest BCUT2D eigenvalue weighted by Crippen LogP contribution is 2.34. The van der Waals surface area contributed by atoms with E-state index in [1.807, 2.05) is 25.1 Å². The van der Waals surface area contributed by atoms with Crippen LogP contribution in [0.2, 0.25) is 0 Å². The van der Waals surface area contributed by atoms with Crippen LogP contribution in [0.1, 0.15) is 33.6 Å². The van der Waals surface area contributed by atoms with E-state index in [1.165, 1.54) is 4.90 Å². The fraction of sp³-hybridized carbons (Fsp3) is 0.529. The van der Waals surface area contributed by atoms with Gasteiger partial charge in [0.15, 0.2) is 6.10 Å². The van der Waals surface area contributed by atoms with Gasteiger partial charge in [-0.1, -0.05) is 32.9 Å². The summed E-state index contributed by atoms with van der Waals surface area (Å²) in [6.07, 6.45) is 0.994. The zero-order chi connectivity index (χ0) is 16.1. The Morgan fingerprint density at radius 2 is 2.09 bits per heavy atom. The molecule has 1 atom stereocenters. The van der Waals surface area contributed by atoms with Crippen molar-refractivity contribution in [1.82, 2.24) is 5.32 Å². The smallest absolute Gasteiger partial charge is 0.268 e. The van der Waals surface area contributed by atoms with Crippen molar-refractivity contribution < 1.29 is 14.3 Å². The number of hydrogen-bond donors (Lipinski definition) is 1.